The molecule has 0 saturated heterocycles. The van der Waals surface area contributed by atoms with E-state index in [0.717, 1.165) is 26.9 Å². The van der Waals surface area contributed by atoms with E-state index in [1.54, 1.807) is 19.1 Å². The van der Waals surface area contributed by atoms with Gasteiger partial charge in [-0.15, -0.1) is 0 Å². The van der Waals surface area contributed by atoms with Crippen LogP contribution in [0.2, 0.25) is 0 Å². The zero-order valence-corrected chi connectivity index (χ0v) is 20.2. The van der Waals surface area contributed by atoms with E-state index >= 15 is 4.57 Å². The molecule has 0 bridgehead atoms. The van der Waals surface area contributed by atoms with E-state index in [1.807, 2.05) is 103 Å². The Morgan fingerprint density at radius 1 is 0.771 bits per heavy atom. The van der Waals surface area contributed by atoms with Gasteiger partial charge in [0.15, 0.2) is 7.14 Å². The topological polar surface area (TPSA) is 56.3 Å². The fourth-order valence-corrected chi connectivity index (χ4v) is 6.99. The number of esters is 1. The molecule has 0 aliphatic heterocycles. The second-order valence-corrected chi connectivity index (χ2v) is 10.8. The summed E-state index contributed by atoms with van der Waals surface area (Å²) in [5.74, 6) is -0.358. The molecule has 0 fully saturated rings. The summed E-state index contributed by atoms with van der Waals surface area (Å²) in [7, 11) is -3.29. The van der Waals surface area contributed by atoms with Gasteiger partial charge in [-0.3, -0.25) is 0 Å². The van der Waals surface area contributed by atoms with E-state index in [0.29, 0.717) is 23.3 Å². The molecule has 0 amide bonds. The van der Waals surface area contributed by atoms with E-state index in [4.69, 9.17) is 9.72 Å². The van der Waals surface area contributed by atoms with Gasteiger partial charge in [0.05, 0.1) is 17.9 Å². The number of hydrogen-bond donors (Lipinski definition) is 0. The fraction of sp³-hybridized carbons (Fsp3) is 0.0667. The number of ether oxygens (including phenoxy) is 1. The van der Waals surface area contributed by atoms with Gasteiger partial charge >= 0.3 is 5.97 Å². The molecule has 172 valence electrons. The lowest BCUT2D eigenvalue weighted by molar-refractivity contribution is 0.0526. The first-order chi connectivity index (χ1) is 17.1. The molecule has 0 unspecified atom stereocenters. The molecule has 0 atom stereocenters. The Morgan fingerprint density at radius 3 is 1.94 bits per heavy atom. The average molecular weight is 478 g/mol. The Labute approximate surface area is 204 Å². The third-order valence-corrected chi connectivity index (χ3v) is 8.94. The van der Waals surface area contributed by atoms with E-state index < -0.39 is 7.14 Å². The van der Waals surface area contributed by atoms with Gasteiger partial charge in [-0.1, -0.05) is 97.1 Å². The fourth-order valence-electron chi connectivity index (χ4n) is 4.23. The van der Waals surface area contributed by atoms with Gasteiger partial charge in [-0.25, -0.2) is 9.78 Å². The van der Waals surface area contributed by atoms with Crippen molar-refractivity contribution in [1.82, 2.24) is 4.98 Å². The molecule has 0 spiro atoms. The maximum absolute atomic E-state index is 15.1. The van der Waals surface area contributed by atoms with Crippen molar-refractivity contribution in [3.63, 3.8) is 0 Å². The van der Waals surface area contributed by atoms with Crippen LogP contribution in [0, 0.1) is 0 Å². The van der Waals surface area contributed by atoms with Gasteiger partial charge in [-0.05, 0) is 30.5 Å². The number of aromatic nitrogens is 1. The van der Waals surface area contributed by atoms with Crippen LogP contribution in [0.15, 0.2) is 115 Å². The van der Waals surface area contributed by atoms with Crippen LogP contribution in [0.25, 0.3) is 22.0 Å². The Bertz CT molecular complexity index is 1490. The summed E-state index contributed by atoms with van der Waals surface area (Å²) in [6.07, 6.45) is 0. The monoisotopic (exact) mass is 477 g/mol. The Balaban J connectivity index is 1.74. The van der Waals surface area contributed by atoms with Crippen LogP contribution < -0.4 is 16.0 Å². The van der Waals surface area contributed by atoms with Crippen molar-refractivity contribution in [1.29, 1.82) is 0 Å². The third kappa shape index (κ3) is 4.29. The van der Waals surface area contributed by atoms with Crippen molar-refractivity contribution >= 4 is 39.9 Å². The molecular formula is C30H24NO3P. The predicted octanol–water partition coefficient (Wildman–Crippen LogP) is 5.72. The van der Waals surface area contributed by atoms with Gasteiger partial charge in [0.2, 0.25) is 0 Å². The minimum Gasteiger partial charge on any atom is -0.462 e. The van der Waals surface area contributed by atoms with Gasteiger partial charge in [0.1, 0.15) is 5.44 Å². The lowest BCUT2D eigenvalue weighted by Crippen LogP contribution is -2.28. The van der Waals surface area contributed by atoms with Crippen molar-refractivity contribution in [2.24, 2.45) is 0 Å². The Morgan fingerprint density at radius 2 is 1.34 bits per heavy atom. The van der Waals surface area contributed by atoms with Crippen molar-refractivity contribution in [2.45, 2.75) is 6.92 Å². The molecule has 35 heavy (non-hydrogen) atoms. The third-order valence-electron chi connectivity index (χ3n) is 5.95. The van der Waals surface area contributed by atoms with Gasteiger partial charge < -0.3 is 9.30 Å². The van der Waals surface area contributed by atoms with E-state index in [9.17, 15) is 4.79 Å². The van der Waals surface area contributed by atoms with Crippen molar-refractivity contribution in [3.05, 3.63) is 121 Å². The van der Waals surface area contributed by atoms with Crippen LogP contribution in [-0.4, -0.2) is 17.6 Å². The molecule has 0 saturated carbocycles. The largest absolute Gasteiger partial charge is 0.462 e. The number of pyridine rings is 1. The molecule has 4 aromatic carbocycles. The lowest BCUT2D eigenvalue weighted by atomic mass is 10.1. The Hall–Kier alpha value is -4.01. The molecule has 0 aliphatic carbocycles. The second-order valence-electron chi connectivity index (χ2n) is 8.13. The highest BCUT2D eigenvalue weighted by atomic mass is 31.2. The molecule has 5 aromatic rings. The van der Waals surface area contributed by atoms with Gasteiger partial charge in [-0.2, -0.15) is 0 Å². The first kappa shape index (κ1) is 22.8. The van der Waals surface area contributed by atoms with Crippen LogP contribution in [0.4, 0.5) is 0 Å². The Kier molecular flexibility index (Phi) is 6.31. The first-order valence-electron chi connectivity index (χ1n) is 11.5. The minimum atomic E-state index is -3.29. The molecule has 0 N–H and O–H groups in total. The van der Waals surface area contributed by atoms with Gasteiger partial charge in [0.25, 0.3) is 0 Å². The van der Waals surface area contributed by atoms with E-state index in [-0.39, 0.29) is 5.97 Å². The molecule has 1 aromatic heterocycles. The normalized spacial score (nSPS) is 11.3. The van der Waals surface area contributed by atoms with Crippen molar-refractivity contribution in [2.75, 3.05) is 6.61 Å². The molecule has 0 radical (unpaired) electrons. The molecule has 1 heterocycles. The van der Waals surface area contributed by atoms with Crippen LogP contribution in [0.5, 0.6) is 0 Å². The summed E-state index contributed by atoms with van der Waals surface area (Å²) in [4.78, 5) is 17.1. The second kappa shape index (κ2) is 9.69. The first-order valence-corrected chi connectivity index (χ1v) is 13.2. The number of nitrogens with zero attached hydrogens (tertiary/aromatic N) is 1. The number of fused-ring (bicyclic) bond motifs is 1. The summed E-state index contributed by atoms with van der Waals surface area (Å²) in [5.41, 5.74) is 2.56. The minimum absolute atomic E-state index is 0.324. The predicted molar refractivity (Wildman–Crippen MR) is 143 cm³/mol. The maximum Gasteiger partial charge on any atom is 0.338 e. The zero-order valence-electron chi connectivity index (χ0n) is 19.3. The SMILES string of the molecule is CCOC(=O)c1ccc(-c2cc3ccccc3c(P(=O)(c3ccccc3)c3ccccc3)n2)cc1. The highest BCUT2D eigenvalue weighted by Crippen LogP contribution is 2.44. The highest BCUT2D eigenvalue weighted by molar-refractivity contribution is 7.85. The zero-order chi connectivity index (χ0) is 24.3. The molecule has 5 heteroatoms. The molecule has 4 nitrogen and oxygen atoms in total. The molecule has 0 aliphatic rings. The number of carbonyl (C=O) groups is 1. The summed E-state index contributed by atoms with van der Waals surface area (Å²) < 4.78 is 20.2. The van der Waals surface area contributed by atoms with Crippen molar-refractivity contribution in [3.8, 4) is 11.3 Å². The van der Waals surface area contributed by atoms with E-state index in [2.05, 4.69) is 0 Å². The van der Waals surface area contributed by atoms with Crippen LogP contribution in [-0.2, 0) is 9.30 Å². The smallest absolute Gasteiger partial charge is 0.338 e. The quantitative estimate of drug-likeness (QED) is 0.232. The number of benzene rings is 4. The van der Waals surface area contributed by atoms with Crippen LogP contribution in [0.3, 0.4) is 0 Å². The number of carbonyl (C=O) groups excluding carboxylic acids is 1. The standard InChI is InChI=1S/C30H24NO3P/c1-2-34-30(32)23-19-17-22(18-20-23)28-21-24-11-9-10-16-27(24)29(31-28)35(33,25-12-5-3-6-13-25)26-14-7-4-8-15-26/h3-21H,2H2,1H3. The van der Waals surface area contributed by atoms with E-state index in [1.165, 1.54) is 0 Å². The lowest BCUT2D eigenvalue weighted by Gasteiger charge is -2.21. The average Bonchev–Trinajstić information content (AvgIpc) is 2.93. The number of rotatable bonds is 6. The molecular weight excluding hydrogens is 453 g/mol. The summed E-state index contributed by atoms with van der Waals surface area (Å²) in [5, 5.41) is 3.28. The van der Waals surface area contributed by atoms with Crippen molar-refractivity contribution < 1.29 is 14.1 Å². The maximum atomic E-state index is 15.1. The summed E-state index contributed by atoms with van der Waals surface area (Å²) in [6.45, 7) is 2.11. The highest BCUT2D eigenvalue weighted by Gasteiger charge is 2.33. The summed E-state index contributed by atoms with van der Waals surface area (Å²) >= 11 is 0. The molecule has 5 rings (SSSR count). The number of hydrogen-bond acceptors (Lipinski definition) is 4. The van der Waals surface area contributed by atoms with Crippen LogP contribution in [0.1, 0.15) is 17.3 Å². The van der Waals surface area contributed by atoms with Gasteiger partial charge in [0, 0.05) is 21.6 Å². The van der Waals surface area contributed by atoms with Crippen LogP contribution >= 0.6 is 7.14 Å². The summed E-state index contributed by atoms with van der Waals surface area (Å²) in [6, 6.07) is 36.2.